The lowest BCUT2D eigenvalue weighted by Gasteiger charge is -2.19. The van der Waals surface area contributed by atoms with Crippen LogP contribution in [0.5, 0.6) is 0 Å². The van der Waals surface area contributed by atoms with Crippen LogP contribution in [0.3, 0.4) is 0 Å². The molecule has 18 heavy (non-hydrogen) atoms. The summed E-state index contributed by atoms with van der Waals surface area (Å²) in [7, 11) is 0. The number of benzene rings is 1. The molecule has 1 saturated heterocycles. The summed E-state index contributed by atoms with van der Waals surface area (Å²) in [6.45, 7) is 1.86. The maximum absolute atomic E-state index is 12.7. The van der Waals surface area contributed by atoms with Gasteiger partial charge in [-0.1, -0.05) is 6.92 Å². The Balaban J connectivity index is 2.41. The molecule has 2 nitrogen and oxygen atoms in total. The van der Waals surface area contributed by atoms with Gasteiger partial charge in [0.25, 0.3) is 0 Å². The number of nitrogens with one attached hydrogen (secondary N) is 1. The van der Waals surface area contributed by atoms with Gasteiger partial charge in [-0.15, -0.1) is 0 Å². The van der Waals surface area contributed by atoms with E-state index in [0.29, 0.717) is 12.0 Å². The summed E-state index contributed by atoms with van der Waals surface area (Å²) >= 11 is 1.99. The lowest BCUT2D eigenvalue weighted by atomic mass is 9.95. The number of rotatable bonds is 1. The van der Waals surface area contributed by atoms with E-state index in [1.54, 1.807) is 0 Å². The summed E-state index contributed by atoms with van der Waals surface area (Å²) in [5.74, 6) is -0.102. The number of carbonyl (C=O) groups excluding carboxylic acids is 1. The van der Waals surface area contributed by atoms with Crippen LogP contribution in [0.4, 0.5) is 13.2 Å². The Hall–Kier alpha value is -0.790. The highest BCUT2D eigenvalue weighted by molar-refractivity contribution is 14.1. The van der Waals surface area contributed by atoms with Crippen molar-refractivity contribution in [2.45, 2.75) is 25.6 Å². The van der Waals surface area contributed by atoms with Crippen LogP contribution in [0.25, 0.3) is 0 Å². The van der Waals surface area contributed by atoms with Crippen molar-refractivity contribution < 1.29 is 18.0 Å². The molecule has 0 aromatic heterocycles. The van der Waals surface area contributed by atoms with Crippen molar-refractivity contribution in [3.8, 4) is 0 Å². The van der Waals surface area contributed by atoms with Crippen LogP contribution >= 0.6 is 22.6 Å². The quantitative estimate of drug-likeness (QED) is 0.755. The molecule has 1 aromatic rings. The number of amides is 1. The number of alkyl halides is 3. The lowest BCUT2D eigenvalue weighted by molar-refractivity contribution is -0.137. The van der Waals surface area contributed by atoms with Crippen molar-refractivity contribution in [1.82, 2.24) is 5.32 Å². The molecule has 0 aliphatic carbocycles. The minimum absolute atomic E-state index is 0.00880. The highest BCUT2D eigenvalue weighted by Gasteiger charge is 2.35. The Morgan fingerprint density at radius 2 is 2.06 bits per heavy atom. The van der Waals surface area contributed by atoms with Gasteiger partial charge in [-0.2, -0.15) is 13.2 Å². The van der Waals surface area contributed by atoms with Crippen molar-refractivity contribution in [3.63, 3.8) is 0 Å². The first-order valence-corrected chi connectivity index (χ1v) is 6.53. The molecule has 1 aliphatic rings. The average Bonchev–Trinajstić information content (AvgIpc) is 2.56. The van der Waals surface area contributed by atoms with Crippen LogP contribution in [-0.4, -0.2) is 5.91 Å². The van der Waals surface area contributed by atoms with Crippen molar-refractivity contribution in [3.05, 3.63) is 32.9 Å². The largest absolute Gasteiger partial charge is 0.416 e. The third-order valence-electron chi connectivity index (χ3n) is 3.05. The molecule has 2 rings (SSSR count). The molecule has 2 atom stereocenters. The molecule has 0 spiro atoms. The summed E-state index contributed by atoms with van der Waals surface area (Å²) in [6.07, 6.45) is -4.00. The molecule has 0 saturated carbocycles. The van der Waals surface area contributed by atoms with Gasteiger partial charge in [-0.3, -0.25) is 4.79 Å². The van der Waals surface area contributed by atoms with Crippen LogP contribution in [0.2, 0.25) is 0 Å². The van der Waals surface area contributed by atoms with E-state index in [0.717, 1.165) is 15.7 Å². The average molecular weight is 369 g/mol. The van der Waals surface area contributed by atoms with E-state index in [1.165, 1.54) is 6.07 Å². The minimum atomic E-state index is -4.36. The van der Waals surface area contributed by atoms with E-state index >= 15 is 0 Å². The predicted molar refractivity (Wildman–Crippen MR) is 68.8 cm³/mol. The molecule has 1 fully saturated rings. The van der Waals surface area contributed by atoms with Gasteiger partial charge in [0.05, 0.1) is 11.6 Å². The summed E-state index contributed by atoms with van der Waals surface area (Å²) in [4.78, 5) is 11.3. The summed E-state index contributed by atoms with van der Waals surface area (Å²) in [6, 6.07) is 3.31. The SMILES string of the molecule is C[C@@H]1CC(=O)N[C@H]1c1cc(C(F)(F)F)ccc1I. The minimum Gasteiger partial charge on any atom is -0.349 e. The van der Waals surface area contributed by atoms with Gasteiger partial charge in [0, 0.05) is 9.99 Å². The van der Waals surface area contributed by atoms with E-state index in [4.69, 9.17) is 0 Å². The van der Waals surface area contributed by atoms with Crippen molar-refractivity contribution >= 4 is 28.5 Å². The Labute approximate surface area is 116 Å². The van der Waals surface area contributed by atoms with Crippen LogP contribution in [0.15, 0.2) is 18.2 Å². The fourth-order valence-electron chi connectivity index (χ4n) is 2.13. The summed E-state index contributed by atoms with van der Waals surface area (Å²) < 4.78 is 38.7. The van der Waals surface area contributed by atoms with Gasteiger partial charge in [0.2, 0.25) is 5.91 Å². The highest BCUT2D eigenvalue weighted by Crippen LogP contribution is 2.36. The molecule has 1 aromatic carbocycles. The van der Waals surface area contributed by atoms with E-state index in [-0.39, 0.29) is 17.9 Å². The number of halogens is 4. The molecule has 98 valence electrons. The zero-order valence-electron chi connectivity index (χ0n) is 9.51. The molecular formula is C12H11F3INO. The topological polar surface area (TPSA) is 29.1 Å². The standard InChI is InChI=1S/C12H11F3INO/c1-6-4-10(18)17-11(6)8-5-7(12(13,14)15)2-3-9(8)16/h2-3,5-6,11H,4H2,1H3,(H,17,18)/t6-,11-/m1/s1. The summed E-state index contributed by atoms with van der Waals surface area (Å²) in [5, 5.41) is 2.73. The van der Waals surface area contributed by atoms with Crippen LogP contribution in [0.1, 0.15) is 30.5 Å². The van der Waals surface area contributed by atoms with Gasteiger partial charge in [0.15, 0.2) is 0 Å². The third-order valence-corrected chi connectivity index (χ3v) is 4.03. The van der Waals surface area contributed by atoms with Crippen LogP contribution < -0.4 is 5.32 Å². The fourth-order valence-corrected chi connectivity index (χ4v) is 2.80. The van der Waals surface area contributed by atoms with Gasteiger partial charge >= 0.3 is 6.18 Å². The zero-order valence-corrected chi connectivity index (χ0v) is 11.7. The van der Waals surface area contributed by atoms with Gasteiger partial charge in [-0.05, 0) is 52.3 Å². The maximum Gasteiger partial charge on any atom is 0.416 e. The molecule has 0 unspecified atom stereocenters. The molecule has 0 bridgehead atoms. The second-order valence-corrected chi connectivity index (χ2v) is 5.62. The lowest BCUT2D eigenvalue weighted by Crippen LogP contribution is -2.21. The zero-order chi connectivity index (χ0) is 13.5. The Morgan fingerprint density at radius 3 is 2.56 bits per heavy atom. The third kappa shape index (κ3) is 2.62. The highest BCUT2D eigenvalue weighted by atomic mass is 127. The van der Waals surface area contributed by atoms with Crippen molar-refractivity contribution in [2.24, 2.45) is 5.92 Å². The molecule has 1 heterocycles. The number of hydrogen-bond acceptors (Lipinski definition) is 1. The number of hydrogen-bond donors (Lipinski definition) is 1. The Kier molecular flexibility index (Phi) is 3.57. The molecule has 0 radical (unpaired) electrons. The molecule has 6 heteroatoms. The van der Waals surface area contributed by atoms with E-state index in [2.05, 4.69) is 5.32 Å². The molecule has 1 aliphatic heterocycles. The summed E-state index contributed by atoms with van der Waals surface area (Å²) in [5.41, 5.74) is -0.130. The monoisotopic (exact) mass is 369 g/mol. The Bertz CT molecular complexity index is 487. The van der Waals surface area contributed by atoms with Gasteiger partial charge < -0.3 is 5.32 Å². The maximum atomic E-state index is 12.7. The fraction of sp³-hybridized carbons (Fsp3) is 0.417. The van der Waals surface area contributed by atoms with Crippen molar-refractivity contribution in [1.29, 1.82) is 0 Å². The van der Waals surface area contributed by atoms with Crippen molar-refractivity contribution in [2.75, 3.05) is 0 Å². The molecular weight excluding hydrogens is 358 g/mol. The van der Waals surface area contributed by atoms with E-state index < -0.39 is 11.7 Å². The smallest absolute Gasteiger partial charge is 0.349 e. The first kappa shape index (κ1) is 13.6. The van der Waals surface area contributed by atoms with Crippen LogP contribution in [0, 0.1) is 9.49 Å². The first-order valence-electron chi connectivity index (χ1n) is 5.45. The van der Waals surface area contributed by atoms with Gasteiger partial charge in [0.1, 0.15) is 0 Å². The normalized spacial score (nSPS) is 24.2. The van der Waals surface area contributed by atoms with Gasteiger partial charge in [-0.25, -0.2) is 0 Å². The Morgan fingerprint density at radius 1 is 1.39 bits per heavy atom. The van der Waals surface area contributed by atoms with Crippen LogP contribution in [-0.2, 0) is 11.0 Å². The van der Waals surface area contributed by atoms with E-state index in [9.17, 15) is 18.0 Å². The molecule has 1 amide bonds. The second-order valence-electron chi connectivity index (χ2n) is 4.46. The first-order chi connectivity index (χ1) is 8.29. The molecule has 1 N–H and O–H groups in total. The van der Waals surface area contributed by atoms with E-state index in [1.807, 2.05) is 29.5 Å². The predicted octanol–water partition coefficient (Wildman–Crippen LogP) is 3.51. The number of carbonyl (C=O) groups is 1. The second kappa shape index (κ2) is 4.71.